The molecule has 2 rings (SSSR count). The Morgan fingerprint density at radius 3 is 2.72 bits per heavy atom. The molecule has 0 radical (unpaired) electrons. The summed E-state index contributed by atoms with van der Waals surface area (Å²) in [5.41, 5.74) is 5.73. The first-order valence-corrected chi connectivity index (χ1v) is 9.68. The van der Waals surface area contributed by atoms with Crippen LogP contribution in [0.1, 0.15) is 76.7 Å². The number of esters is 1. The number of ether oxygens (including phenoxy) is 1. The predicted molar refractivity (Wildman–Crippen MR) is 99.8 cm³/mol. The lowest BCUT2D eigenvalue weighted by molar-refractivity contribution is -0.135. The summed E-state index contributed by atoms with van der Waals surface area (Å²) >= 11 is 6.34. The lowest BCUT2D eigenvalue weighted by Gasteiger charge is -2.33. The summed E-state index contributed by atoms with van der Waals surface area (Å²) in [4.78, 5) is 24.6. The van der Waals surface area contributed by atoms with E-state index in [0.29, 0.717) is 35.6 Å². The van der Waals surface area contributed by atoms with E-state index in [1.807, 2.05) is 0 Å². The summed E-state index contributed by atoms with van der Waals surface area (Å²) in [6.07, 6.45) is 8.34. The van der Waals surface area contributed by atoms with Crippen molar-refractivity contribution in [2.24, 2.45) is 5.73 Å². The zero-order valence-electron chi connectivity index (χ0n) is 15.0. The molecule has 2 N–H and O–H groups in total. The van der Waals surface area contributed by atoms with Crippen molar-refractivity contribution in [2.45, 2.75) is 76.7 Å². The molecule has 0 bridgehead atoms. The van der Waals surface area contributed by atoms with Gasteiger partial charge in [-0.25, -0.2) is 0 Å². The number of hydrogen-bond acceptors (Lipinski definition) is 4. The maximum absolute atomic E-state index is 12.5. The van der Waals surface area contributed by atoms with E-state index in [-0.39, 0.29) is 11.8 Å². The van der Waals surface area contributed by atoms with Crippen LogP contribution in [0.3, 0.4) is 0 Å². The van der Waals surface area contributed by atoms with Gasteiger partial charge in [-0.05, 0) is 31.4 Å². The Labute approximate surface area is 155 Å². The fourth-order valence-electron chi connectivity index (χ4n) is 3.39. The molecule has 0 aromatic heterocycles. The first kappa shape index (κ1) is 19.9. The molecule has 1 aromatic carbocycles. The number of carbonyl (C=O) groups excluding carboxylic acids is 2. The molecule has 1 saturated carbocycles. The van der Waals surface area contributed by atoms with E-state index in [4.69, 9.17) is 22.1 Å². The number of ketones is 1. The minimum absolute atomic E-state index is 0.0382. The minimum atomic E-state index is -1.16. The summed E-state index contributed by atoms with van der Waals surface area (Å²) in [5.74, 6) is -0.0144. The van der Waals surface area contributed by atoms with E-state index in [2.05, 4.69) is 6.92 Å². The van der Waals surface area contributed by atoms with E-state index in [1.165, 1.54) is 12.8 Å². The van der Waals surface area contributed by atoms with Gasteiger partial charge in [-0.15, -0.1) is 0 Å². The Morgan fingerprint density at radius 2 is 2.00 bits per heavy atom. The van der Waals surface area contributed by atoms with Crippen LogP contribution in [0.2, 0.25) is 5.02 Å². The average Bonchev–Trinajstić information content (AvgIpc) is 2.57. The molecule has 25 heavy (non-hydrogen) atoms. The number of unbranched alkanes of at least 4 members (excludes halogenated alkanes) is 4. The second-order valence-electron chi connectivity index (χ2n) is 6.85. The molecule has 1 unspecified atom stereocenters. The smallest absolute Gasteiger partial charge is 0.311 e. The fourth-order valence-corrected chi connectivity index (χ4v) is 3.72. The molecule has 5 heteroatoms. The van der Waals surface area contributed by atoms with Crippen LogP contribution in [-0.4, -0.2) is 11.8 Å². The van der Waals surface area contributed by atoms with Crippen molar-refractivity contribution in [3.63, 3.8) is 0 Å². The summed E-state index contributed by atoms with van der Waals surface area (Å²) in [7, 11) is 0. The topological polar surface area (TPSA) is 69.4 Å². The lowest BCUT2D eigenvalue weighted by Crippen LogP contribution is -2.47. The third kappa shape index (κ3) is 5.05. The van der Waals surface area contributed by atoms with Crippen LogP contribution < -0.4 is 10.5 Å². The van der Waals surface area contributed by atoms with Gasteiger partial charge in [0.2, 0.25) is 0 Å². The summed E-state index contributed by atoms with van der Waals surface area (Å²) in [5, 5.41) is 0.381. The second kappa shape index (κ2) is 9.35. The van der Waals surface area contributed by atoms with Crippen LogP contribution in [0.5, 0.6) is 5.75 Å². The average molecular weight is 366 g/mol. The third-order valence-corrected chi connectivity index (χ3v) is 5.17. The first-order chi connectivity index (χ1) is 12.0. The molecule has 0 spiro atoms. The van der Waals surface area contributed by atoms with E-state index in [9.17, 15) is 9.59 Å². The Balaban J connectivity index is 2.10. The van der Waals surface area contributed by atoms with Gasteiger partial charge < -0.3 is 10.5 Å². The zero-order chi connectivity index (χ0) is 18.3. The zero-order valence-corrected chi connectivity index (χ0v) is 15.7. The van der Waals surface area contributed by atoms with Crippen molar-refractivity contribution in [3.8, 4) is 5.75 Å². The van der Waals surface area contributed by atoms with Gasteiger partial charge in [0, 0.05) is 23.4 Å². The highest BCUT2D eigenvalue weighted by Crippen LogP contribution is 2.41. The van der Waals surface area contributed by atoms with Gasteiger partial charge in [0.25, 0.3) is 0 Å². The fraction of sp³-hybridized carbons (Fsp3) is 0.600. The maximum Gasteiger partial charge on any atom is 0.311 e. The standard InChI is InChI=1S/C20H28ClNO3/c1-2-3-4-5-6-13-18(24)25-16-11-9-10-15(21)19(16)20(22)14-8-7-12-17(20)23/h9-11H,2-8,12-14,22H2,1H3. The molecule has 1 aliphatic carbocycles. The van der Waals surface area contributed by atoms with Crippen LogP contribution in [0, 0.1) is 0 Å². The molecular formula is C20H28ClNO3. The van der Waals surface area contributed by atoms with Crippen molar-refractivity contribution < 1.29 is 14.3 Å². The highest BCUT2D eigenvalue weighted by molar-refractivity contribution is 6.32. The molecular weight excluding hydrogens is 338 g/mol. The monoisotopic (exact) mass is 365 g/mol. The summed E-state index contributed by atoms with van der Waals surface area (Å²) in [6, 6.07) is 5.08. The number of rotatable bonds is 8. The SMILES string of the molecule is CCCCCCCC(=O)Oc1cccc(Cl)c1C1(N)CCCCC1=O. The third-order valence-electron chi connectivity index (χ3n) is 4.85. The van der Waals surface area contributed by atoms with Crippen LogP contribution in [-0.2, 0) is 15.1 Å². The summed E-state index contributed by atoms with van der Waals surface area (Å²) in [6.45, 7) is 2.16. The van der Waals surface area contributed by atoms with Gasteiger partial charge >= 0.3 is 5.97 Å². The maximum atomic E-state index is 12.5. The van der Waals surface area contributed by atoms with Crippen molar-refractivity contribution in [1.29, 1.82) is 0 Å². The van der Waals surface area contributed by atoms with Crippen LogP contribution in [0.15, 0.2) is 18.2 Å². The van der Waals surface area contributed by atoms with Gasteiger partial charge in [0.05, 0.1) is 0 Å². The number of Topliss-reactive ketones (excluding diaryl/α,β-unsaturated/α-hetero) is 1. The molecule has 0 aliphatic heterocycles. The molecule has 1 aromatic rings. The number of benzene rings is 1. The Kier molecular flexibility index (Phi) is 7.45. The minimum Gasteiger partial charge on any atom is -0.426 e. The van der Waals surface area contributed by atoms with Crippen LogP contribution in [0.25, 0.3) is 0 Å². The Morgan fingerprint density at radius 1 is 1.24 bits per heavy atom. The van der Waals surface area contributed by atoms with Crippen molar-refractivity contribution in [1.82, 2.24) is 0 Å². The highest BCUT2D eigenvalue weighted by Gasteiger charge is 2.41. The predicted octanol–water partition coefficient (Wildman–Crippen LogP) is 4.90. The van der Waals surface area contributed by atoms with Crippen molar-refractivity contribution in [2.75, 3.05) is 0 Å². The first-order valence-electron chi connectivity index (χ1n) is 9.31. The van der Waals surface area contributed by atoms with E-state index >= 15 is 0 Å². The lowest BCUT2D eigenvalue weighted by atomic mass is 9.76. The van der Waals surface area contributed by atoms with Gasteiger partial charge in [0.1, 0.15) is 11.3 Å². The largest absolute Gasteiger partial charge is 0.426 e. The summed E-state index contributed by atoms with van der Waals surface area (Å²) < 4.78 is 5.54. The molecule has 0 amide bonds. The normalized spacial score (nSPS) is 20.5. The Bertz CT molecular complexity index is 617. The molecule has 1 fully saturated rings. The number of halogens is 1. The number of nitrogens with two attached hydrogens (primary N) is 1. The van der Waals surface area contributed by atoms with E-state index < -0.39 is 5.54 Å². The molecule has 0 saturated heterocycles. The molecule has 4 nitrogen and oxygen atoms in total. The van der Waals surface area contributed by atoms with Crippen molar-refractivity contribution >= 4 is 23.4 Å². The quantitative estimate of drug-likeness (QED) is 0.404. The van der Waals surface area contributed by atoms with E-state index in [1.54, 1.807) is 18.2 Å². The number of carbonyl (C=O) groups is 2. The van der Waals surface area contributed by atoms with Crippen LogP contribution >= 0.6 is 11.6 Å². The molecule has 0 heterocycles. The molecule has 1 aliphatic rings. The van der Waals surface area contributed by atoms with E-state index in [0.717, 1.165) is 32.1 Å². The Hall–Kier alpha value is -1.39. The second-order valence-corrected chi connectivity index (χ2v) is 7.26. The van der Waals surface area contributed by atoms with Crippen molar-refractivity contribution in [3.05, 3.63) is 28.8 Å². The molecule has 1 atom stereocenters. The van der Waals surface area contributed by atoms with Gasteiger partial charge in [-0.3, -0.25) is 9.59 Å². The van der Waals surface area contributed by atoms with Gasteiger partial charge in [-0.2, -0.15) is 0 Å². The van der Waals surface area contributed by atoms with Gasteiger partial charge in [-0.1, -0.05) is 56.7 Å². The van der Waals surface area contributed by atoms with Gasteiger partial charge in [0.15, 0.2) is 5.78 Å². The number of hydrogen-bond donors (Lipinski definition) is 1. The molecule has 138 valence electrons. The van der Waals surface area contributed by atoms with Crippen LogP contribution in [0.4, 0.5) is 0 Å². The highest BCUT2D eigenvalue weighted by atomic mass is 35.5.